The van der Waals surface area contributed by atoms with Crippen LogP contribution in [0.25, 0.3) is 32.6 Å². The van der Waals surface area contributed by atoms with Gasteiger partial charge in [-0.25, -0.2) is 4.57 Å². The highest BCUT2D eigenvalue weighted by Crippen LogP contribution is 2.35. The summed E-state index contributed by atoms with van der Waals surface area (Å²) in [5, 5.41) is 5.07. The zero-order valence-corrected chi connectivity index (χ0v) is 15.0. The first-order chi connectivity index (χ1) is 10.2. The Morgan fingerprint density at radius 3 is 2.55 bits per heavy atom. The van der Waals surface area contributed by atoms with Crippen molar-refractivity contribution in [1.29, 1.82) is 0 Å². The van der Waals surface area contributed by atoms with Crippen LogP contribution in [0.2, 0.25) is 0 Å². The lowest BCUT2D eigenvalue weighted by Crippen LogP contribution is -3.00. The fourth-order valence-corrected chi connectivity index (χ4v) is 3.18. The third-order valence-electron chi connectivity index (χ3n) is 4.27. The van der Waals surface area contributed by atoms with E-state index in [1.54, 1.807) is 7.11 Å². The number of pyridine rings is 1. The minimum Gasteiger partial charge on any atom is -1.00 e. The number of ether oxygens (including phenoxy) is 1. The Kier molecular flexibility index (Phi) is 3.72. The van der Waals surface area contributed by atoms with E-state index in [-0.39, 0.29) is 24.0 Å². The Hall–Kier alpha value is -1.82. The van der Waals surface area contributed by atoms with Gasteiger partial charge in [-0.2, -0.15) is 0 Å². The van der Waals surface area contributed by atoms with Crippen molar-refractivity contribution in [1.82, 2.24) is 4.57 Å². The van der Waals surface area contributed by atoms with Crippen molar-refractivity contribution in [3.05, 3.63) is 48.8 Å². The molecule has 4 aromatic rings. The number of hydrogen-bond acceptors (Lipinski definition) is 1. The summed E-state index contributed by atoms with van der Waals surface area (Å²) in [5.74, 6) is 0.896. The van der Waals surface area contributed by atoms with Gasteiger partial charge in [0.2, 0.25) is 0 Å². The molecule has 0 N–H and O–H groups in total. The molecule has 2 aromatic carbocycles. The Morgan fingerprint density at radius 2 is 1.77 bits per heavy atom. The van der Waals surface area contributed by atoms with Gasteiger partial charge < -0.3 is 33.3 Å². The lowest BCUT2D eigenvalue weighted by molar-refractivity contribution is -0.670. The maximum atomic E-state index is 5.40. The molecule has 112 valence electrons. The molecule has 0 saturated heterocycles. The van der Waals surface area contributed by atoms with Crippen LogP contribution in [-0.2, 0) is 14.1 Å². The topological polar surface area (TPSA) is 18.0 Å². The first-order valence-corrected chi connectivity index (χ1v) is 7.03. The van der Waals surface area contributed by atoms with E-state index in [2.05, 4.69) is 66.0 Å². The molecule has 4 rings (SSSR count). The standard InChI is InChI=1S/C18H17N2O.HI/c1-19-9-8-12-4-6-17-18(15(12)11-19)14-10-13(21-3)5-7-16(14)20(17)2;/h4-11H,1-3H3;1H/q+1;/p-1. The van der Waals surface area contributed by atoms with Gasteiger partial charge >= 0.3 is 0 Å². The molecule has 0 bridgehead atoms. The van der Waals surface area contributed by atoms with E-state index in [0.29, 0.717) is 0 Å². The maximum absolute atomic E-state index is 5.40. The molecule has 0 fully saturated rings. The van der Waals surface area contributed by atoms with Crippen LogP contribution in [0, 0.1) is 0 Å². The van der Waals surface area contributed by atoms with Crippen molar-refractivity contribution in [3.63, 3.8) is 0 Å². The molecule has 0 saturated carbocycles. The molecular weight excluding hydrogens is 387 g/mol. The number of nitrogens with zero attached hydrogens (tertiary/aromatic N) is 2. The van der Waals surface area contributed by atoms with Crippen LogP contribution in [-0.4, -0.2) is 11.7 Å². The largest absolute Gasteiger partial charge is 1.00 e. The first-order valence-electron chi connectivity index (χ1n) is 7.03. The van der Waals surface area contributed by atoms with Gasteiger partial charge in [0.05, 0.1) is 12.5 Å². The second-order valence-corrected chi connectivity index (χ2v) is 5.51. The second kappa shape index (κ2) is 5.43. The van der Waals surface area contributed by atoms with Gasteiger partial charge in [0.1, 0.15) is 12.8 Å². The highest BCUT2D eigenvalue weighted by atomic mass is 127. The molecule has 0 spiro atoms. The van der Waals surface area contributed by atoms with E-state index in [0.717, 1.165) is 5.75 Å². The maximum Gasteiger partial charge on any atom is 0.177 e. The Labute approximate surface area is 146 Å². The smallest absolute Gasteiger partial charge is 0.177 e. The third-order valence-corrected chi connectivity index (χ3v) is 4.27. The number of fused-ring (bicyclic) bond motifs is 5. The van der Waals surface area contributed by atoms with Crippen molar-refractivity contribution in [2.75, 3.05) is 7.11 Å². The summed E-state index contributed by atoms with van der Waals surface area (Å²) >= 11 is 0. The van der Waals surface area contributed by atoms with Crippen molar-refractivity contribution in [2.45, 2.75) is 0 Å². The van der Waals surface area contributed by atoms with Gasteiger partial charge in [-0.1, -0.05) is 6.07 Å². The van der Waals surface area contributed by atoms with E-state index in [4.69, 9.17) is 4.74 Å². The van der Waals surface area contributed by atoms with Crippen molar-refractivity contribution in [3.8, 4) is 5.75 Å². The predicted molar refractivity (Wildman–Crippen MR) is 85.7 cm³/mol. The number of halogens is 1. The minimum absolute atomic E-state index is 0. The molecule has 2 aromatic heterocycles. The van der Waals surface area contributed by atoms with E-state index in [9.17, 15) is 0 Å². The summed E-state index contributed by atoms with van der Waals surface area (Å²) in [5.41, 5.74) is 2.47. The average molecular weight is 404 g/mol. The Balaban J connectivity index is 0.00000144. The van der Waals surface area contributed by atoms with Crippen molar-refractivity contribution < 1.29 is 33.3 Å². The Bertz CT molecular complexity index is 1000. The van der Waals surface area contributed by atoms with Crippen LogP contribution >= 0.6 is 0 Å². The molecule has 0 atom stereocenters. The van der Waals surface area contributed by atoms with Crippen LogP contribution in [0.4, 0.5) is 0 Å². The summed E-state index contributed by atoms with van der Waals surface area (Å²) < 4.78 is 9.75. The van der Waals surface area contributed by atoms with E-state index in [1.807, 2.05) is 6.07 Å². The van der Waals surface area contributed by atoms with Gasteiger partial charge in [0.25, 0.3) is 0 Å². The fraction of sp³-hybridized carbons (Fsp3) is 0.167. The first kappa shape index (κ1) is 15.1. The molecule has 0 radical (unpaired) electrons. The van der Waals surface area contributed by atoms with Gasteiger partial charge in [0, 0.05) is 34.9 Å². The molecule has 0 unspecified atom stereocenters. The average Bonchev–Trinajstić information content (AvgIpc) is 2.80. The normalized spacial score (nSPS) is 11.0. The second-order valence-electron chi connectivity index (χ2n) is 5.51. The van der Waals surface area contributed by atoms with Crippen molar-refractivity contribution in [2.24, 2.45) is 14.1 Å². The summed E-state index contributed by atoms with van der Waals surface area (Å²) in [6.45, 7) is 0. The van der Waals surface area contributed by atoms with Crippen LogP contribution in [0.3, 0.4) is 0 Å². The van der Waals surface area contributed by atoms with Gasteiger partial charge in [-0.05, 0) is 29.7 Å². The van der Waals surface area contributed by atoms with E-state index < -0.39 is 0 Å². The molecule has 22 heavy (non-hydrogen) atoms. The van der Waals surface area contributed by atoms with Gasteiger partial charge in [0.15, 0.2) is 12.4 Å². The van der Waals surface area contributed by atoms with Crippen LogP contribution in [0.1, 0.15) is 0 Å². The molecule has 0 aliphatic rings. The zero-order chi connectivity index (χ0) is 14.6. The SMILES string of the molecule is COc1ccc2c(c1)c1c3c[n+](C)ccc3ccc1n2C.[I-]. The summed E-state index contributed by atoms with van der Waals surface area (Å²) in [6, 6.07) is 12.8. The lowest BCUT2D eigenvalue weighted by Gasteiger charge is -2.01. The molecule has 2 heterocycles. The minimum atomic E-state index is 0. The van der Waals surface area contributed by atoms with E-state index >= 15 is 0 Å². The summed E-state index contributed by atoms with van der Waals surface area (Å²) in [6.07, 6.45) is 4.27. The molecule has 0 aliphatic carbocycles. The third kappa shape index (κ3) is 2.05. The van der Waals surface area contributed by atoms with E-state index in [1.165, 1.54) is 32.6 Å². The number of hydrogen-bond donors (Lipinski definition) is 0. The number of aromatic nitrogens is 2. The monoisotopic (exact) mass is 404 g/mol. The number of aryl methyl sites for hydroxylation is 2. The highest BCUT2D eigenvalue weighted by molar-refractivity contribution is 6.20. The van der Waals surface area contributed by atoms with Crippen LogP contribution < -0.4 is 33.3 Å². The molecule has 0 amide bonds. The van der Waals surface area contributed by atoms with Crippen molar-refractivity contribution >= 4 is 32.6 Å². The summed E-state index contributed by atoms with van der Waals surface area (Å²) in [7, 11) is 5.89. The molecular formula is C18H17IN2O. The number of benzene rings is 2. The summed E-state index contributed by atoms with van der Waals surface area (Å²) in [4.78, 5) is 0. The van der Waals surface area contributed by atoms with Gasteiger partial charge in [-0.15, -0.1) is 0 Å². The lowest BCUT2D eigenvalue weighted by atomic mass is 10.1. The molecule has 3 nitrogen and oxygen atoms in total. The van der Waals surface area contributed by atoms with Crippen LogP contribution in [0.15, 0.2) is 48.8 Å². The molecule has 4 heteroatoms. The number of methoxy groups -OCH3 is 1. The highest BCUT2D eigenvalue weighted by Gasteiger charge is 2.13. The zero-order valence-electron chi connectivity index (χ0n) is 12.8. The quantitative estimate of drug-likeness (QED) is 0.330. The molecule has 0 aliphatic heterocycles. The Morgan fingerprint density at radius 1 is 1.00 bits per heavy atom. The fourth-order valence-electron chi connectivity index (χ4n) is 3.18. The van der Waals surface area contributed by atoms with Crippen LogP contribution in [0.5, 0.6) is 5.75 Å². The van der Waals surface area contributed by atoms with Gasteiger partial charge in [-0.3, -0.25) is 0 Å². The predicted octanol–water partition coefficient (Wildman–Crippen LogP) is 0.322. The number of rotatable bonds is 1.